The molecule has 2 heterocycles. The highest BCUT2D eigenvalue weighted by atomic mass is 16.5. The molecule has 0 unspecified atom stereocenters. The minimum absolute atomic E-state index is 0.228. The van der Waals surface area contributed by atoms with E-state index >= 15 is 0 Å². The number of hydrogen-bond acceptors (Lipinski definition) is 6. The van der Waals surface area contributed by atoms with Crippen LogP contribution in [0.4, 0.5) is 11.5 Å². The van der Waals surface area contributed by atoms with Crippen LogP contribution in [-0.2, 0) is 0 Å². The fourth-order valence-electron chi connectivity index (χ4n) is 3.50. The van der Waals surface area contributed by atoms with Gasteiger partial charge in [0, 0.05) is 48.1 Å². The van der Waals surface area contributed by atoms with Crippen molar-refractivity contribution in [1.82, 2.24) is 10.2 Å². The van der Waals surface area contributed by atoms with Crippen LogP contribution in [-0.4, -0.2) is 43.4 Å². The molecule has 0 aliphatic carbocycles. The van der Waals surface area contributed by atoms with E-state index in [1.165, 1.54) is 12.8 Å². The normalized spacial score (nSPS) is 13.2. The molecule has 1 amide bonds. The van der Waals surface area contributed by atoms with Gasteiger partial charge in [0.15, 0.2) is 5.82 Å². The van der Waals surface area contributed by atoms with Gasteiger partial charge in [0.2, 0.25) is 0 Å². The number of rotatable bonds is 6. The molecule has 1 aliphatic heterocycles. The molecule has 0 saturated carbocycles. The summed E-state index contributed by atoms with van der Waals surface area (Å²) in [6.45, 7) is 2.05. The second-order valence-corrected chi connectivity index (χ2v) is 7.11. The molecule has 0 radical (unpaired) electrons. The van der Waals surface area contributed by atoms with Crippen molar-refractivity contribution < 1.29 is 14.3 Å². The summed E-state index contributed by atoms with van der Waals surface area (Å²) < 4.78 is 10.5. The Bertz CT molecular complexity index is 1010. The second-order valence-electron chi connectivity index (χ2n) is 7.11. The third-order valence-corrected chi connectivity index (χ3v) is 5.11. The standard InChI is InChI=1S/C23H24N4O3/c1-29-19-13-18(14-20(15-19)30-2)24-23(28)17-7-5-6-16(12-17)21-8-9-22(26-25-21)27-10-3-4-11-27/h5-9,12-15H,3-4,10-11H2,1-2H3,(H,24,28). The van der Waals surface area contributed by atoms with Crippen molar-refractivity contribution in [3.8, 4) is 22.8 Å². The zero-order chi connectivity index (χ0) is 20.9. The van der Waals surface area contributed by atoms with Gasteiger partial charge in [-0.1, -0.05) is 12.1 Å². The van der Waals surface area contributed by atoms with E-state index in [4.69, 9.17) is 9.47 Å². The monoisotopic (exact) mass is 404 g/mol. The lowest BCUT2D eigenvalue weighted by molar-refractivity contribution is 0.102. The largest absolute Gasteiger partial charge is 0.497 e. The summed E-state index contributed by atoms with van der Waals surface area (Å²) in [5, 5.41) is 11.6. The van der Waals surface area contributed by atoms with Gasteiger partial charge in [-0.3, -0.25) is 4.79 Å². The van der Waals surface area contributed by atoms with E-state index in [0.29, 0.717) is 22.7 Å². The summed E-state index contributed by atoms with van der Waals surface area (Å²) in [5.41, 5.74) is 2.69. The molecular formula is C23H24N4O3. The van der Waals surface area contributed by atoms with Crippen LogP contribution in [0.1, 0.15) is 23.2 Å². The molecule has 1 aliphatic rings. The molecule has 154 valence electrons. The Morgan fingerprint density at radius 2 is 1.67 bits per heavy atom. The van der Waals surface area contributed by atoms with Crippen molar-refractivity contribution in [2.24, 2.45) is 0 Å². The molecule has 0 spiro atoms. The highest BCUT2D eigenvalue weighted by molar-refractivity contribution is 6.05. The lowest BCUT2D eigenvalue weighted by Gasteiger charge is -2.15. The first-order chi connectivity index (χ1) is 14.7. The van der Waals surface area contributed by atoms with E-state index in [1.54, 1.807) is 38.5 Å². The van der Waals surface area contributed by atoms with Crippen molar-refractivity contribution >= 4 is 17.4 Å². The average Bonchev–Trinajstić information content (AvgIpc) is 3.34. The molecule has 7 nitrogen and oxygen atoms in total. The number of methoxy groups -OCH3 is 2. The van der Waals surface area contributed by atoms with E-state index in [1.807, 2.05) is 30.3 Å². The lowest BCUT2D eigenvalue weighted by Crippen LogP contribution is -2.19. The fourth-order valence-corrected chi connectivity index (χ4v) is 3.50. The number of nitrogens with zero attached hydrogens (tertiary/aromatic N) is 3. The van der Waals surface area contributed by atoms with Crippen molar-refractivity contribution in [3.05, 3.63) is 60.2 Å². The molecule has 7 heteroatoms. The minimum atomic E-state index is -0.228. The van der Waals surface area contributed by atoms with E-state index < -0.39 is 0 Å². The van der Waals surface area contributed by atoms with Gasteiger partial charge in [-0.25, -0.2) is 0 Å². The molecule has 3 aromatic rings. The predicted molar refractivity (Wildman–Crippen MR) is 116 cm³/mol. The van der Waals surface area contributed by atoms with E-state index in [2.05, 4.69) is 20.4 Å². The van der Waals surface area contributed by atoms with Crippen molar-refractivity contribution in [2.45, 2.75) is 12.8 Å². The first-order valence-electron chi connectivity index (χ1n) is 9.90. The molecule has 0 bridgehead atoms. The molecule has 1 fully saturated rings. The summed E-state index contributed by atoms with van der Waals surface area (Å²) in [5.74, 6) is 1.88. The molecule has 1 N–H and O–H groups in total. The smallest absolute Gasteiger partial charge is 0.255 e. The van der Waals surface area contributed by atoms with Crippen LogP contribution in [0.2, 0.25) is 0 Å². The zero-order valence-electron chi connectivity index (χ0n) is 17.1. The van der Waals surface area contributed by atoms with Gasteiger partial charge in [-0.2, -0.15) is 0 Å². The van der Waals surface area contributed by atoms with Crippen LogP contribution in [0.5, 0.6) is 11.5 Å². The van der Waals surface area contributed by atoms with Gasteiger partial charge in [0.05, 0.1) is 19.9 Å². The number of carbonyl (C=O) groups excluding carboxylic acids is 1. The molecule has 1 saturated heterocycles. The topological polar surface area (TPSA) is 76.6 Å². The Labute approximate surface area is 175 Å². The number of benzene rings is 2. The van der Waals surface area contributed by atoms with Crippen molar-refractivity contribution in [1.29, 1.82) is 0 Å². The van der Waals surface area contributed by atoms with E-state index in [9.17, 15) is 4.79 Å². The molecule has 30 heavy (non-hydrogen) atoms. The molecule has 0 atom stereocenters. The molecule has 1 aromatic heterocycles. The third kappa shape index (κ3) is 4.35. The Morgan fingerprint density at radius 1 is 0.933 bits per heavy atom. The number of nitrogens with one attached hydrogen (secondary N) is 1. The summed E-state index contributed by atoms with van der Waals surface area (Å²) in [4.78, 5) is 15.0. The maximum atomic E-state index is 12.8. The van der Waals surface area contributed by atoms with Crippen LogP contribution in [0.15, 0.2) is 54.6 Å². The van der Waals surface area contributed by atoms with Crippen molar-refractivity contribution in [2.75, 3.05) is 37.5 Å². The lowest BCUT2D eigenvalue weighted by atomic mass is 10.1. The first kappa shape index (κ1) is 19.7. The van der Waals surface area contributed by atoms with Crippen LogP contribution in [0, 0.1) is 0 Å². The maximum Gasteiger partial charge on any atom is 0.255 e. The van der Waals surface area contributed by atoms with Gasteiger partial charge < -0.3 is 19.7 Å². The molecule has 2 aromatic carbocycles. The average molecular weight is 404 g/mol. The number of ether oxygens (including phenoxy) is 2. The quantitative estimate of drug-likeness (QED) is 0.669. The van der Waals surface area contributed by atoms with Gasteiger partial charge in [0.25, 0.3) is 5.91 Å². The highest BCUT2D eigenvalue weighted by Gasteiger charge is 2.15. The summed E-state index contributed by atoms with van der Waals surface area (Å²) in [7, 11) is 3.14. The summed E-state index contributed by atoms with van der Waals surface area (Å²) in [6, 6.07) is 16.5. The zero-order valence-corrected chi connectivity index (χ0v) is 17.1. The van der Waals surface area contributed by atoms with Gasteiger partial charge >= 0.3 is 0 Å². The number of carbonyl (C=O) groups is 1. The van der Waals surface area contributed by atoms with E-state index in [0.717, 1.165) is 30.2 Å². The van der Waals surface area contributed by atoms with Gasteiger partial charge in [0.1, 0.15) is 11.5 Å². The minimum Gasteiger partial charge on any atom is -0.497 e. The van der Waals surface area contributed by atoms with Crippen LogP contribution in [0.25, 0.3) is 11.3 Å². The Morgan fingerprint density at radius 3 is 2.30 bits per heavy atom. The van der Waals surface area contributed by atoms with E-state index in [-0.39, 0.29) is 5.91 Å². The van der Waals surface area contributed by atoms with Crippen LogP contribution < -0.4 is 19.7 Å². The number of hydrogen-bond donors (Lipinski definition) is 1. The fraction of sp³-hybridized carbons (Fsp3) is 0.261. The number of aromatic nitrogens is 2. The summed E-state index contributed by atoms with van der Waals surface area (Å²) in [6.07, 6.45) is 2.39. The van der Waals surface area contributed by atoms with Crippen molar-refractivity contribution in [3.63, 3.8) is 0 Å². The number of amides is 1. The Kier molecular flexibility index (Phi) is 5.79. The van der Waals surface area contributed by atoms with Gasteiger partial charge in [-0.05, 0) is 37.1 Å². The first-order valence-corrected chi connectivity index (χ1v) is 9.90. The SMILES string of the molecule is COc1cc(NC(=O)c2cccc(-c3ccc(N4CCCC4)nn3)c2)cc(OC)c1. The molecular weight excluding hydrogens is 380 g/mol. The third-order valence-electron chi connectivity index (χ3n) is 5.11. The van der Waals surface area contributed by atoms with Crippen LogP contribution in [0.3, 0.4) is 0 Å². The molecule has 4 rings (SSSR count). The Balaban J connectivity index is 1.52. The number of anilines is 2. The van der Waals surface area contributed by atoms with Crippen LogP contribution >= 0.6 is 0 Å². The predicted octanol–water partition coefficient (Wildman–Crippen LogP) is 4.01. The second kappa shape index (κ2) is 8.82. The Hall–Kier alpha value is -3.61. The highest BCUT2D eigenvalue weighted by Crippen LogP contribution is 2.27. The maximum absolute atomic E-state index is 12.8. The van der Waals surface area contributed by atoms with Gasteiger partial charge in [-0.15, -0.1) is 10.2 Å². The summed E-state index contributed by atoms with van der Waals surface area (Å²) >= 11 is 0.